The summed E-state index contributed by atoms with van der Waals surface area (Å²) < 4.78 is 19.5. The molecule has 0 aliphatic carbocycles. The van der Waals surface area contributed by atoms with Gasteiger partial charge in [-0.25, -0.2) is 4.98 Å². The molecule has 0 unspecified atom stereocenters. The Hall–Kier alpha value is -6.82. The molecule has 8 heteroatoms. The number of pyridine rings is 2. The predicted octanol–water partition coefficient (Wildman–Crippen LogP) is 14.4. The van der Waals surface area contributed by atoms with E-state index in [9.17, 15) is 0 Å². The molecular weight excluding hydrogens is 1010 g/mol. The van der Waals surface area contributed by atoms with Crippen LogP contribution in [0.5, 0.6) is 11.5 Å². The maximum Gasteiger partial charge on any atom is 0.268 e. The smallest absolute Gasteiger partial charge is 0.268 e. The number of ether oxygens (including phenoxy) is 1. The first-order chi connectivity index (χ1) is 31.6. The summed E-state index contributed by atoms with van der Waals surface area (Å²) in [6, 6.07) is 52.0. The summed E-state index contributed by atoms with van der Waals surface area (Å²) in [5, 5.41) is 4.31. The van der Waals surface area contributed by atoms with E-state index < -0.39 is 0 Å². The van der Waals surface area contributed by atoms with Crippen LogP contribution in [0.2, 0.25) is 0 Å². The van der Waals surface area contributed by atoms with Crippen molar-refractivity contribution < 1.29 is 34.8 Å². The number of rotatable bonds is 6. The molecule has 336 valence electrons. The van der Waals surface area contributed by atoms with Crippen molar-refractivity contribution >= 4 is 54.8 Å². The number of fused-ring (bicyclic) bond motifs is 7. The minimum absolute atomic E-state index is 0. The maximum absolute atomic E-state index is 6.64. The van der Waals surface area contributed by atoms with Gasteiger partial charge in [0.1, 0.15) is 17.0 Å². The molecule has 67 heavy (non-hydrogen) atoms. The largest absolute Gasteiger partial charge is 0.508 e. The molecule has 0 saturated carbocycles. The Morgan fingerprint density at radius 1 is 0.597 bits per heavy atom. The number of furan rings is 1. The van der Waals surface area contributed by atoms with Gasteiger partial charge in [0, 0.05) is 60.6 Å². The summed E-state index contributed by atoms with van der Waals surface area (Å²) >= 11 is 0. The van der Waals surface area contributed by atoms with Gasteiger partial charge >= 0.3 is 0 Å². The summed E-state index contributed by atoms with van der Waals surface area (Å²) in [6.45, 7) is 20.3. The Morgan fingerprint density at radius 2 is 1.33 bits per heavy atom. The molecule has 0 radical (unpaired) electrons. The first kappa shape index (κ1) is 44.0. The van der Waals surface area contributed by atoms with Crippen LogP contribution in [0.25, 0.3) is 83.1 Å². The Bertz CT molecular complexity index is 3670. The van der Waals surface area contributed by atoms with Crippen LogP contribution in [0.4, 0.5) is 0 Å². The second-order valence-electron chi connectivity index (χ2n) is 20.5. The van der Waals surface area contributed by atoms with Crippen molar-refractivity contribution in [2.45, 2.75) is 78.6 Å². The van der Waals surface area contributed by atoms with Gasteiger partial charge in [-0.05, 0) is 92.2 Å². The Labute approximate surface area is 406 Å². The zero-order chi connectivity index (χ0) is 45.7. The maximum atomic E-state index is 6.64. The average molecular weight is 1060 g/mol. The average Bonchev–Trinajstić information content (AvgIpc) is 3.98. The first-order valence-corrected chi connectivity index (χ1v) is 22.6. The Morgan fingerprint density at radius 3 is 2.10 bits per heavy atom. The van der Waals surface area contributed by atoms with E-state index in [4.69, 9.17) is 14.1 Å². The quantitative estimate of drug-likeness (QED) is 0.123. The van der Waals surface area contributed by atoms with E-state index in [0.29, 0.717) is 17.2 Å². The number of imidazole rings is 1. The Balaban J connectivity index is 0.00000525. The third-order valence-corrected chi connectivity index (χ3v) is 12.8. The van der Waals surface area contributed by atoms with Gasteiger partial charge in [0.15, 0.2) is 0 Å². The molecule has 0 atom stereocenters. The van der Waals surface area contributed by atoms with E-state index in [0.717, 1.165) is 77.4 Å². The molecule has 0 saturated heterocycles. The topological polar surface area (TPSA) is 61.9 Å². The minimum atomic E-state index is -0.0751. The third kappa shape index (κ3) is 7.83. The van der Waals surface area contributed by atoms with Crippen molar-refractivity contribution in [2.24, 2.45) is 0 Å². The van der Waals surface area contributed by atoms with Gasteiger partial charge in [-0.2, -0.15) is 6.07 Å². The van der Waals surface area contributed by atoms with E-state index in [1.807, 2.05) is 29.0 Å². The van der Waals surface area contributed by atoms with Crippen LogP contribution in [-0.4, -0.2) is 19.1 Å². The van der Waals surface area contributed by atoms with Gasteiger partial charge in [0.2, 0.25) is 0 Å². The van der Waals surface area contributed by atoms with Crippen LogP contribution >= 0.6 is 0 Å². The van der Waals surface area contributed by atoms with Crippen LogP contribution in [0.15, 0.2) is 150 Å². The van der Waals surface area contributed by atoms with Crippen molar-refractivity contribution in [2.75, 3.05) is 0 Å². The van der Waals surface area contributed by atoms with E-state index in [1.54, 1.807) is 12.4 Å². The fourth-order valence-electron chi connectivity index (χ4n) is 9.06. The molecular formula is C59H51N5O2Pt-2. The third-order valence-electron chi connectivity index (χ3n) is 12.8. The number of nitrogens with zero attached hydrogens (tertiary/aromatic N) is 5. The van der Waals surface area contributed by atoms with E-state index >= 15 is 0 Å². The summed E-state index contributed by atoms with van der Waals surface area (Å²) in [4.78, 5) is 9.61. The zero-order valence-electron chi connectivity index (χ0n) is 39.2. The Kier molecular flexibility index (Phi) is 10.7. The molecule has 0 aliphatic heterocycles. The standard InChI is InChI=1S/C59H51N5O2.Pt/c1-57(2,3)38-25-26-61-55(31-38)64-50-24-21-37(45-16-14-17-48-47-15-10-13-20-54(47)66-56(45)48)27-49(50)46-23-22-43(33-53(46)64)65-44-32-42(34-60-35-44)63-36-62(51-18-11-12-19-52(51)63)41-29-39(58(4,5)6)28-40(30-41)59(7,8)9;/h10-31,34-35H,1-9H3;/q-2;. The first-order valence-electron chi connectivity index (χ1n) is 22.6. The molecule has 0 fully saturated rings. The van der Waals surface area contributed by atoms with Crippen LogP contribution in [0, 0.1) is 18.5 Å². The SMILES string of the molecule is CC(C)(C)c1cc(-[n+]2[c-]n(-c3[c-]c(Oc4[c-]c5c(cc4)c4cc(-c6cccc7c6oc6ccccc67)ccc4n5-c4cc(C(C)(C)C)ccn4)cnc3)c3ccccc32)cc(C(C)(C)C)c1.[Pt]. The number of para-hydroxylation sites is 4. The van der Waals surface area contributed by atoms with E-state index in [2.05, 4.69) is 204 Å². The van der Waals surface area contributed by atoms with Crippen LogP contribution < -0.4 is 9.30 Å². The summed E-state index contributed by atoms with van der Waals surface area (Å²) in [5.41, 5.74) is 13.1. The molecule has 0 bridgehead atoms. The number of hydrogen-bond acceptors (Lipinski definition) is 4. The zero-order valence-corrected chi connectivity index (χ0v) is 41.5. The minimum Gasteiger partial charge on any atom is -0.508 e. The molecule has 0 amide bonds. The van der Waals surface area contributed by atoms with Gasteiger partial charge in [0.25, 0.3) is 6.33 Å². The second-order valence-corrected chi connectivity index (χ2v) is 20.5. The van der Waals surface area contributed by atoms with Crippen molar-refractivity contribution in [1.82, 2.24) is 19.1 Å². The van der Waals surface area contributed by atoms with E-state index in [1.165, 1.54) is 16.7 Å². The monoisotopic (exact) mass is 1060 g/mol. The van der Waals surface area contributed by atoms with Crippen molar-refractivity contribution in [1.29, 1.82) is 0 Å². The molecule has 0 aliphatic rings. The molecule has 5 aromatic heterocycles. The number of benzene rings is 6. The molecule has 11 rings (SSSR count). The van der Waals surface area contributed by atoms with Crippen LogP contribution in [0.1, 0.15) is 79.0 Å². The number of aromatic nitrogens is 5. The van der Waals surface area contributed by atoms with Crippen molar-refractivity contribution in [3.8, 4) is 39.8 Å². The second kappa shape index (κ2) is 16.2. The fourth-order valence-corrected chi connectivity index (χ4v) is 9.06. The molecule has 0 N–H and O–H groups in total. The molecule has 6 aromatic carbocycles. The van der Waals surface area contributed by atoms with Gasteiger partial charge in [0.05, 0.1) is 16.7 Å². The van der Waals surface area contributed by atoms with Gasteiger partial charge in [-0.1, -0.05) is 153 Å². The van der Waals surface area contributed by atoms with Crippen LogP contribution in [0.3, 0.4) is 0 Å². The molecule has 11 aromatic rings. The molecule has 0 spiro atoms. The van der Waals surface area contributed by atoms with Crippen LogP contribution in [-0.2, 0) is 37.3 Å². The fraction of sp³-hybridized carbons (Fsp3) is 0.203. The van der Waals surface area contributed by atoms with Crippen molar-refractivity contribution in [3.05, 3.63) is 181 Å². The number of hydrogen-bond donors (Lipinski definition) is 0. The summed E-state index contributed by atoms with van der Waals surface area (Å²) in [7, 11) is 0. The summed E-state index contributed by atoms with van der Waals surface area (Å²) in [5.74, 6) is 1.80. The predicted molar refractivity (Wildman–Crippen MR) is 267 cm³/mol. The molecule has 5 heterocycles. The van der Waals surface area contributed by atoms with Gasteiger partial charge < -0.3 is 23.3 Å². The van der Waals surface area contributed by atoms with Crippen molar-refractivity contribution in [3.63, 3.8) is 0 Å². The van der Waals surface area contributed by atoms with E-state index in [-0.39, 0.29) is 37.3 Å². The molecule has 7 nitrogen and oxygen atoms in total. The van der Waals surface area contributed by atoms with Gasteiger partial charge in [-0.3, -0.25) is 4.57 Å². The normalized spacial score (nSPS) is 12.4. The summed E-state index contributed by atoms with van der Waals surface area (Å²) in [6.07, 6.45) is 9.05. The van der Waals surface area contributed by atoms with Gasteiger partial charge in [-0.15, -0.1) is 23.6 Å².